The fourth-order valence-electron chi connectivity index (χ4n) is 2.50. The number of nitrogen functional groups attached to an aromatic ring is 1. The first-order valence-corrected chi connectivity index (χ1v) is 6.81. The van der Waals surface area contributed by atoms with Gasteiger partial charge in [0.15, 0.2) is 5.13 Å². The number of anilines is 1. The lowest BCUT2D eigenvalue weighted by Gasteiger charge is -2.13. The zero-order valence-electron chi connectivity index (χ0n) is 9.94. The molecule has 0 radical (unpaired) electrons. The zero-order chi connectivity index (χ0) is 11.8. The maximum Gasteiger partial charge on any atom is 0.180 e. The van der Waals surface area contributed by atoms with Crippen molar-refractivity contribution in [2.45, 2.75) is 39.2 Å². The van der Waals surface area contributed by atoms with Crippen LogP contribution in [0, 0.1) is 6.92 Å². The second kappa shape index (κ2) is 4.14. The Morgan fingerprint density at radius 1 is 1.41 bits per heavy atom. The fraction of sp³-hybridized carbons (Fsp3) is 0.500. The second-order valence-corrected chi connectivity index (χ2v) is 5.66. The predicted molar refractivity (Wildman–Crippen MR) is 69.2 cm³/mol. The third-order valence-corrected chi connectivity index (χ3v) is 4.12. The normalized spacial score (nSPS) is 14.9. The molecule has 2 aromatic rings. The summed E-state index contributed by atoms with van der Waals surface area (Å²) in [7, 11) is 0. The number of nitrogens with two attached hydrogens (primary N) is 1. The van der Waals surface area contributed by atoms with E-state index in [1.54, 1.807) is 11.3 Å². The van der Waals surface area contributed by atoms with E-state index in [1.807, 2.05) is 6.20 Å². The topological polar surface area (TPSA) is 56.7 Å². The van der Waals surface area contributed by atoms with E-state index < -0.39 is 0 Å². The highest BCUT2D eigenvalue weighted by molar-refractivity contribution is 7.15. The molecule has 1 aliphatic carbocycles. The van der Waals surface area contributed by atoms with Crippen molar-refractivity contribution in [1.29, 1.82) is 0 Å². The number of rotatable bonds is 2. The summed E-state index contributed by atoms with van der Waals surface area (Å²) >= 11 is 1.56. The van der Waals surface area contributed by atoms with Crippen molar-refractivity contribution in [3.63, 3.8) is 0 Å². The van der Waals surface area contributed by atoms with Crippen LogP contribution < -0.4 is 5.73 Å². The van der Waals surface area contributed by atoms with Crippen LogP contribution in [0.2, 0.25) is 0 Å². The Bertz CT molecular complexity index is 541. The Morgan fingerprint density at radius 3 is 3.00 bits per heavy atom. The summed E-state index contributed by atoms with van der Waals surface area (Å²) in [6, 6.07) is 0. The van der Waals surface area contributed by atoms with E-state index in [-0.39, 0.29) is 0 Å². The molecule has 17 heavy (non-hydrogen) atoms. The molecule has 2 aromatic heterocycles. The van der Waals surface area contributed by atoms with Gasteiger partial charge in [-0.1, -0.05) is 0 Å². The number of imidazole rings is 1. The molecule has 0 fully saturated rings. The van der Waals surface area contributed by atoms with Crippen molar-refractivity contribution in [2.75, 3.05) is 5.73 Å². The number of aromatic nitrogens is 3. The molecule has 5 heteroatoms. The number of fused-ring (bicyclic) bond motifs is 1. The molecule has 2 heterocycles. The van der Waals surface area contributed by atoms with Crippen LogP contribution >= 0.6 is 11.3 Å². The molecular formula is C12H16N4S. The summed E-state index contributed by atoms with van der Waals surface area (Å²) in [6.07, 6.45) is 6.72. The maximum atomic E-state index is 5.67. The summed E-state index contributed by atoms with van der Waals surface area (Å²) in [5, 5.41) is 0.645. The summed E-state index contributed by atoms with van der Waals surface area (Å²) in [5.41, 5.74) is 8.38. The Hall–Kier alpha value is -1.36. The van der Waals surface area contributed by atoms with Crippen LogP contribution in [0.5, 0.6) is 0 Å². The first kappa shape index (κ1) is 10.8. The largest absolute Gasteiger partial charge is 0.375 e. The summed E-state index contributed by atoms with van der Waals surface area (Å²) < 4.78 is 2.32. The summed E-state index contributed by atoms with van der Waals surface area (Å²) in [4.78, 5) is 9.98. The fourth-order valence-corrected chi connectivity index (χ4v) is 3.17. The van der Waals surface area contributed by atoms with E-state index in [2.05, 4.69) is 21.5 Å². The molecular weight excluding hydrogens is 232 g/mol. The van der Waals surface area contributed by atoms with Crippen molar-refractivity contribution in [3.8, 4) is 0 Å². The van der Waals surface area contributed by atoms with Gasteiger partial charge in [-0.25, -0.2) is 9.97 Å². The monoisotopic (exact) mass is 248 g/mol. The maximum absolute atomic E-state index is 5.67. The molecule has 0 spiro atoms. The van der Waals surface area contributed by atoms with Gasteiger partial charge in [0.05, 0.1) is 12.2 Å². The highest BCUT2D eigenvalue weighted by Crippen LogP contribution is 2.24. The van der Waals surface area contributed by atoms with Crippen molar-refractivity contribution in [2.24, 2.45) is 0 Å². The van der Waals surface area contributed by atoms with E-state index in [9.17, 15) is 0 Å². The first-order chi connectivity index (χ1) is 8.24. The van der Waals surface area contributed by atoms with Crippen molar-refractivity contribution < 1.29 is 0 Å². The van der Waals surface area contributed by atoms with Gasteiger partial charge < -0.3 is 10.3 Å². The molecule has 0 atom stereocenters. The molecule has 0 unspecified atom stereocenters. The van der Waals surface area contributed by atoms with Crippen LogP contribution in [0.25, 0.3) is 0 Å². The molecule has 4 nitrogen and oxygen atoms in total. The van der Waals surface area contributed by atoms with Gasteiger partial charge in [0.25, 0.3) is 0 Å². The Kier molecular flexibility index (Phi) is 2.63. The molecule has 0 amide bonds. The van der Waals surface area contributed by atoms with E-state index in [1.165, 1.54) is 29.1 Å². The lowest BCUT2D eigenvalue weighted by molar-refractivity contribution is 0.626. The molecule has 1 aliphatic rings. The average molecular weight is 248 g/mol. The number of hydrogen-bond acceptors (Lipinski definition) is 4. The van der Waals surface area contributed by atoms with Gasteiger partial charge in [-0.2, -0.15) is 0 Å². The van der Waals surface area contributed by atoms with Gasteiger partial charge in [0, 0.05) is 16.8 Å². The van der Waals surface area contributed by atoms with Crippen LogP contribution in [-0.2, 0) is 19.4 Å². The summed E-state index contributed by atoms with van der Waals surface area (Å²) in [6.45, 7) is 2.95. The van der Waals surface area contributed by atoms with Gasteiger partial charge in [0.2, 0.25) is 0 Å². The van der Waals surface area contributed by atoms with E-state index in [0.717, 1.165) is 25.2 Å². The highest BCUT2D eigenvalue weighted by atomic mass is 32.1. The number of thiazole rings is 1. The minimum Gasteiger partial charge on any atom is -0.375 e. The molecule has 0 aliphatic heterocycles. The smallest absolute Gasteiger partial charge is 0.180 e. The number of nitrogens with zero attached hydrogens (tertiary/aromatic N) is 3. The average Bonchev–Trinajstić information content (AvgIpc) is 2.85. The van der Waals surface area contributed by atoms with Gasteiger partial charge in [-0.15, -0.1) is 11.3 Å². The van der Waals surface area contributed by atoms with Gasteiger partial charge in [0.1, 0.15) is 5.82 Å². The van der Waals surface area contributed by atoms with Crippen LogP contribution in [0.15, 0.2) is 6.20 Å². The van der Waals surface area contributed by atoms with Crippen LogP contribution in [0.3, 0.4) is 0 Å². The zero-order valence-corrected chi connectivity index (χ0v) is 10.8. The Labute approximate surface area is 105 Å². The molecule has 90 valence electrons. The number of hydrogen-bond donors (Lipinski definition) is 1. The van der Waals surface area contributed by atoms with E-state index >= 15 is 0 Å². The minimum absolute atomic E-state index is 0.645. The minimum atomic E-state index is 0.645. The third kappa shape index (κ3) is 1.95. The molecule has 0 aromatic carbocycles. The first-order valence-electron chi connectivity index (χ1n) is 5.99. The molecule has 0 saturated heterocycles. The second-order valence-electron chi connectivity index (χ2n) is 4.51. The third-order valence-electron chi connectivity index (χ3n) is 3.31. The summed E-state index contributed by atoms with van der Waals surface area (Å²) in [5.74, 6) is 1.11. The van der Waals surface area contributed by atoms with Crippen molar-refractivity contribution in [1.82, 2.24) is 14.5 Å². The molecule has 0 bridgehead atoms. The predicted octanol–water partition coefficient (Wildman–Crippen LogP) is 2.16. The lowest BCUT2D eigenvalue weighted by Crippen LogP contribution is -2.09. The molecule has 3 rings (SSSR count). The van der Waals surface area contributed by atoms with Crippen LogP contribution in [-0.4, -0.2) is 14.5 Å². The van der Waals surface area contributed by atoms with Crippen LogP contribution in [0.4, 0.5) is 5.13 Å². The standard InChI is InChI=1S/C12H16N4S/c1-8-15-10-4-2-3-5-11(10)16(8)7-9-6-14-12(13)17-9/h6H,2-5,7H2,1H3,(H2,13,14). The molecule has 0 saturated carbocycles. The quantitative estimate of drug-likeness (QED) is 0.886. The molecule has 2 N–H and O–H groups in total. The van der Waals surface area contributed by atoms with E-state index in [0.29, 0.717) is 5.13 Å². The Balaban J connectivity index is 1.94. The number of aryl methyl sites for hydroxylation is 2. The van der Waals surface area contributed by atoms with Gasteiger partial charge in [-0.05, 0) is 32.6 Å². The Morgan fingerprint density at radius 2 is 2.24 bits per heavy atom. The SMILES string of the molecule is Cc1nc2c(n1Cc1cnc(N)s1)CCCC2. The highest BCUT2D eigenvalue weighted by Gasteiger charge is 2.18. The lowest BCUT2D eigenvalue weighted by atomic mass is 10.0. The van der Waals surface area contributed by atoms with Crippen LogP contribution in [0.1, 0.15) is 34.9 Å². The van der Waals surface area contributed by atoms with E-state index in [4.69, 9.17) is 5.73 Å². The van der Waals surface area contributed by atoms with Crippen molar-refractivity contribution in [3.05, 3.63) is 28.3 Å². The van der Waals surface area contributed by atoms with Gasteiger partial charge >= 0.3 is 0 Å². The van der Waals surface area contributed by atoms with Gasteiger partial charge in [-0.3, -0.25) is 0 Å². The van der Waals surface area contributed by atoms with Crippen molar-refractivity contribution >= 4 is 16.5 Å².